The third-order valence-electron chi connectivity index (χ3n) is 3.66. The lowest BCUT2D eigenvalue weighted by Crippen LogP contribution is -2.26. The molecule has 110 valence electrons. The third kappa shape index (κ3) is 3.05. The molecule has 0 saturated carbocycles. The molecule has 2 aromatic rings. The zero-order chi connectivity index (χ0) is 14.7. The highest BCUT2D eigenvalue weighted by Crippen LogP contribution is 2.25. The molecular formula is C16H19N3OS. The molecule has 0 spiro atoms. The van der Waals surface area contributed by atoms with Crippen molar-refractivity contribution in [3.63, 3.8) is 0 Å². The smallest absolute Gasteiger partial charge is 0.141 e. The Morgan fingerprint density at radius 2 is 2.14 bits per heavy atom. The Hall–Kier alpha value is -1.56. The lowest BCUT2D eigenvalue weighted by molar-refractivity contribution is 0.0847. The van der Waals surface area contributed by atoms with Gasteiger partial charge in [-0.2, -0.15) is 0 Å². The minimum absolute atomic E-state index is 0.196. The topological polar surface area (TPSA) is 49.9 Å². The number of aromatic nitrogens is 2. The fraction of sp³-hybridized carbons (Fsp3) is 0.375. The van der Waals surface area contributed by atoms with E-state index in [4.69, 9.17) is 17.0 Å². The fourth-order valence-electron chi connectivity index (χ4n) is 2.64. The zero-order valence-corrected chi connectivity index (χ0v) is 12.9. The maximum Gasteiger partial charge on any atom is 0.141 e. The van der Waals surface area contributed by atoms with Crippen LogP contribution in [0.3, 0.4) is 0 Å². The summed E-state index contributed by atoms with van der Waals surface area (Å²) < 4.78 is 6.58. The Labute approximate surface area is 129 Å². The normalized spacial score (nSPS) is 15.5. The lowest BCUT2D eigenvalue weighted by Gasteiger charge is -2.21. The van der Waals surface area contributed by atoms with Crippen molar-refractivity contribution in [1.29, 1.82) is 0 Å². The summed E-state index contributed by atoms with van der Waals surface area (Å²) in [7, 11) is 0. The van der Waals surface area contributed by atoms with E-state index < -0.39 is 0 Å². The second-order valence-corrected chi connectivity index (χ2v) is 5.44. The first-order valence-electron chi connectivity index (χ1n) is 7.29. The van der Waals surface area contributed by atoms with Gasteiger partial charge >= 0.3 is 0 Å². The Bertz CT molecular complexity index is 669. The summed E-state index contributed by atoms with van der Waals surface area (Å²) in [5.41, 5.74) is 3.39. The monoisotopic (exact) mass is 301 g/mol. The molecule has 0 aliphatic carbocycles. The number of rotatable bonds is 4. The molecule has 1 aliphatic rings. The molecule has 0 amide bonds. The first kappa shape index (κ1) is 14.4. The number of nitrogens with one attached hydrogen (secondary N) is 2. The van der Waals surface area contributed by atoms with E-state index in [0.717, 1.165) is 36.5 Å². The highest BCUT2D eigenvalue weighted by Gasteiger charge is 2.20. The molecule has 2 heterocycles. The van der Waals surface area contributed by atoms with Crippen LogP contribution >= 0.6 is 12.2 Å². The van der Waals surface area contributed by atoms with E-state index in [1.807, 2.05) is 25.1 Å². The Balaban J connectivity index is 2.04. The molecule has 0 bridgehead atoms. The Morgan fingerprint density at radius 1 is 1.33 bits per heavy atom. The second-order valence-electron chi connectivity index (χ2n) is 5.06. The number of hydrogen-bond donors (Lipinski definition) is 2. The van der Waals surface area contributed by atoms with Gasteiger partial charge in [-0.1, -0.05) is 42.5 Å². The first-order valence-corrected chi connectivity index (χ1v) is 7.69. The van der Waals surface area contributed by atoms with Crippen LogP contribution in [0.5, 0.6) is 0 Å². The second kappa shape index (κ2) is 6.47. The number of nitrogens with zero attached hydrogens (tertiary/aromatic N) is 1. The summed E-state index contributed by atoms with van der Waals surface area (Å²) in [6.07, 6.45) is 0.750. The fourth-order valence-corrected chi connectivity index (χ4v) is 2.93. The number of aromatic amines is 1. The van der Waals surface area contributed by atoms with E-state index in [1.165, 1.54) is 5.69 Å². The molecule has 3 rings (SSSR count). The van der Waals surface area contributed by atoms with Gasteiger partial charge in [-0.25, -0.2) is 4.98 Å². The van der Waals surface area contributed by atoms with Crippen LogP contribution in [0, 0.1) is 4.64 Å². The Kier molecular flexibility index (Phi) is 4.43. The summed E-state index contributed by atoms with van der Waals surface area (Å²) in [5, 5.41) is 3.33. The maximum absolute atomic E-state index is 5.90. The Morgan fingerprint density at radius 3 is 2.90 bits per heavy atom. The van der Waals surface area contributed by atoms with E-state index in [0.29, 0.717) is 11.2 Å². The predicted molar refractivity (Wildman–Crippen MR) is 84.7 cm³/mol. The van der Waals surface area contributed by atoms with E-state index in [-0.39, 0.29) is 6.10 Å². The molecule has 1 aliphatic heterocycles. The van der Waals surface area contributed by atoms with Gasteiger partial charge in [0.15, 0.2) is 0 Å². The molecule has 1 atom stereocenters. The number of ether oxygens (including phenoxy) is 1. The number of hydrogen-bond acceptors (Lipinski definition) is 4. The first-order chi connectivity index (χ1) is 10.3. The SMILES string of the molecule is CCOC(c1ccccc1)c1nc(=S)c2c([nH]1)CCNC2. The van der Waals surface area contributed by atoms with E-state index in [2.05, 4.69) is 27.4 Å². The van der Waals surface area contributed by atoms with E-state index in [9.17, 15) is 0 Å². The molecule has 0 radical (unpaired) electrons. The molecular weight excluding hydrogens is 282 g/mol. The number of benzene rings is 1. The van der Waals surface area contributed by atoms with Crippen LogP contribution in [0.1, 0.15) is 35.7 Å². The molecule has 21 heavy (non-hydrogen) atoms. The van der Waals surface area contributed by atoms with Crippen LogP contribution in [0.2, 0.25) is 0 Å². The van der Waals surface area contributed by atoms with Crippen LogP contribution in [0.4, 0.5) is 0 Å². The highest BCUT2D eigenvalue weighted by molar-refractivity contribution is 7.71. The summed E-state index contributed by atoms with van der Waals surface area (Å²) in [6.45, 7) is 4.38. The third-order valence-corrected chi connectivity index (χ3v) is 4.00. The van der Waals surface area contributed by atoms with Crippen molar-refractivity contribution in [2.75, 3.05) is 13.2 Å². The van der Waals surface area contributed by atoms with Gasteiger partial charge in [-0.3, -0.25) is 0 Å². The quantitative estimate of drug-likeness (QED) is 0.853. The van der Waals surface area contributed by atoms with Crippen molar-refractivity contribution in [2.24, 2.45) is 0 Å². The largest absolute Gasteiger partial charge is 0.366 e. The van der Waals surface area contributed by atoms with Gasteiger partial charge in [0.25, 0.3) is 0 Å². The van der Waals surface area contributed by atoms with Crippen molar-refractivity contribution >= 4 is 12.2 Å². The zero-order valence-electron chi connectivity index (χ0n) is 12.1. The van der Waals surface area contributed by atoms with Gasteiger partial charge in [-0.05, 0) is 12.5 Å². The van der Waals surface area contributed by atoms with Crippen molar-refractivity contribution in [3.05, 3.63) is 57.6 Å². The summed E-state index contributed by atoms with van der Waals surface area (Å²) in [6, 6.07) is 10.1. The average molecular weight is 301 g/mol. The molecule has 2 N–H and O–H groups in total. The minimum atomic E-state index is -0.196. The van der Waals surface area contributed by atoms with Crippen LogP contribution in [0.15, 0.2) is 30.3 Å². The minimum Gasteiger partial charge on any atom is -0.366 e. The number of H-pyrrole nitrogens is 1. The van der Waals surface area contributed by atoms with Crippen LogP contribution < -0.4 is 5.32 Å². The van der Waals surface area contributed by atoms with Crippen molar-refractivity contribution in [3.8, 4) is 0 Å². The standard InChI is InChI=1S/C16H19N3OS/c1-2-20-14(11-6-4-3-5-7-11)15-18-13-8-9-17-10-12(13)16(21)19-15/h3-7,14,17H,2,8-10H2,1H3,(H,18,19,21). The molecule has 4 nitrogen and oxygen atoms in total. The van der Waals surface area contributed by atoms with Crippen LogP contribution in [-0.2, 0) is 17.7 Å². The molecule has 5 heteroatoms. The van der Waals surface area contributed by atoms with Crippen molar-refractivity contribution < 1.29 is 4.74 Å². The van der Waals surface area contributed by atoms with Gasteiger partial charge in [0.1, 0.15) is 16.6 Å². The molecule has 1 aromatic carbocycles. The van der Waals surface area contributed by atoms with Crippen molar-refractivity contribution in [1.82, 2.24) is 15.3 Å². The maximum atomic E-state index is 5.90. The van der Waals surface area contributed by atoms with Gasteiger partial charge < -0.3 is 15.0 Å². The summed E-state index contributed by atoms with van der Waals surface area (Å²) >= 11 is 5.45. The molecule has 0 saturated heterocycles. The van der Waals surface area contributed by atoms with Gasteiger partial charge in [-0.15, -0.1) is 0 Å². The molecule has 1 unspecified atom stereocenters. The predicted octanol–water partition coefficient (Wildman–Crippen LogP) is 2.91. The lowest BCUT2D eigenvalue weighted by atomic mass is 10.1. The van der Waals surface area contributed by atoms with Gasteiger partial charge in [0, 0.05) is 37.4 Å². The van der Waals surface area contributed by atoms with Crippen molar-refractivity contribution in [2.45, 2.75) is 26.0 Å². The number of fused-ring (bicyclic) bond motifs is 1. The highest BCUT2D eigenvalue weighted by atomic mass is 32.1. The summed E-state index contributed by atoms with van der Waals surface area (Å²) in [4.78, 5) is 8.02. The molecule has 0 fully saturated rings. The van der Waals surface area contributed by atoms with Crippen LogP contribution in [-0.4, -0.2) is 23.1 Å². The van der Waals surface area contributed by atoms with Gasteiger partial charge in [0.2, 0.25) is 0 Å². The van der Waals surface area contributed by atoms with E-state index in [1.54, 1.807) is 0 Å². The van der Waals surface area contributed by atoms with Gasteiger partial charge in [0.05, 0.1) is 0 Å². The summed E-state index contributed by atoms with van der Waals surface area (Å²) in [5.74, 6) is 0.800. The van der Waals surface area contributed by atoms with E-state index >= 15 is 0 Å². The molecule has 1 aromatic heterocycles. The average Bonchev–Trinajstić information content (AvgIpc) is 2.53. The van der Waals surface area contributed by atoms with Crippen LogP contribution in [0.25, 0.3) is 0 Å².